The number of nitrogens with zero attached hydrogens (tertiary/aromatic N) is 2. The Morgan fingerprint density at radius 1 is 1.22 bits per heavy atom. The Balaban J connectivity index is 1.80. The third-order valence-corrected chi connectivity index (χ3v) is 3.83. The quantitative estimate of drug-likeness (QED) is 0.465. The summed E-state index contributed by atoms with van der Waals surface area (Å²) < 4.78 is 10.1. The molecule has 0 radical (unpaired) electrons. The summed E-state index contributed by atoms with van der Waals surface area (Å²) in [6.45, 7) is 5.60. The molecule has 2 aliphatic heterocycles. The van der Waals surface area contributed by atoms with Crippen LogP contribution in [0.15, 0.2) is 30.9 Å². The summed E-state index contributed by atoms with van der Waals surface area (Å²) in [5.74, 6) is -1.61. The molecule has 0 saturated carbocycles. The van der Waals surface area contributed by atoms with Gasteiger partial charge in [0, 0.05) is 24.9 Å². The van der Waals surface area contributed by atoms with E-state index in [1.54, 1.807) is 12.1 Å². The van der Waals surface area contributed by atoms with E-state index in [1.165, 1.54) is 0 Å². The van der Waals surface area contributed by atoms with Gasteiger partial charge < -0.3 is 14.4 Å². The third-order valence-electron chi connectivity index (χ3n) is 3.83. The number of fused-ring (bicyclic) bond motifs is 1. The molecule has 0 aromatic heterocycles. The first-order chi connectivity index (χ1) is 11.1. The highest BCUT2D eigenvalue weighted by Gasteiger charge is 2.36. The Labute approximate surface area is 133 Å². The number of hydrogen-bond acceptors (Lipinski definition) is 6. The molecule has 120 valence electrons. The number of carbonyl (C=O) groups is 3. The average Bonchev–Trinajstić information content (AvgIpc) is 2.84. The predicted octanol–water partition coefficient (Wildman–Crippen LogP) is 0.806. The summed E-state index contributed by atoms with van der Waals surface area (Å²) in [6.07, 6.45) is 0.981. The maximum absolute atomic E-state index is 12.4. The Morgan fingerprint density at radius 3 is 2.61 bits per heavy atom. The van der Waals surface area contributed by atoms with Gasteiger partial charge in [-0.1, -0.05) is 6.58 Å². The largest absolute Gasteiger partial charge is 0.441 e. The van der Waals surface area contributed by atoms with Gasteiger partial charge in [0.25, 0.3) is 11.8 Å². The second kappa shape index (κ2) is 6.21. The van der Waals surface area contributed by atoms with E-state index in [0.717, 1.165) is 29.8 Å². The predicted molar refractivity (Wildman–Crippen MR) is 81.1 cm³/mol. The van der Waals surface area contributed by atoms with Gasteiger partial charge in [0.15, 0.2) is 6.73 Å². The third kappa shape index (κ3) is 2.83. The highest BCUT2D eigenvalue weighted by atomic mass is 16.5. The molecule has 3 rings (SSSR count). The van der Waals surface area contributed by atoms with Crippen LogP contribution in [0.4, 0.5) is 5.69 Å². The number of esters is 1. The van der Waals surface area contributed by atoms with Crippen molar-refractivity contribution in [1.29, 1.82) is 0 Å². The molecule has 1 aromatic rings. The highest BCUT2D eigenvalue weighted by Crippen LogP contribution is 2.27. The maximum Gasteiger partial charge on any atom is 0.331 e. The Kier molecular flexibility index (Phi) is 4.12. The molecule has 2 heterocycles. The van der Waals surface area contributed by atoms with E-state index in [0.29, 0.717) is 24.3 Å². The lowest BCUT2D eigenvalue weighted by Crippen LogP contribution is -2.36. The van der Waals surface area contributed by atoms with E-state index in [4.69, 9.17) is 9.47 Å². The van der Waals surface area contributed by atoms with E-state index in [1.807, 2.05) is 6.07 Å². The number of carbonyl (C=O) groups excluding carboxylic acids is 3. The molecular formula is C16H16N2O5. The fourth-order valence-electron chi connectivity index (χ4n) is 2.60. The summed E-state index contributed by atoms with van der Waals surface area (Å²) in [4.78, 5) is 38.8. The monoisotopic (exact) mass is 316 g/mol. The van der Waals surface area contributed by atoms with Crippen LogP contribution in [0.25, 0.3) is 0 Å². The molecule has 7 nitrogen and oxygen atoms in total. The van der Waals surface area contributed by atoms with Crippen LogP contribution in [0.1, 0.15) is 20.7 Å². The van der Waals surface area contributed by atoms with E-state index in [-0.39, 0.29) is 0 Å². The Morgan fingerprint density at radius 2 is 1.91 bits per heavy atom. The number of rotatable bonds is 4. The summed E-state index contributed by atoms with van der Waals surface area (Å²) in [5.41, 5.74) is 1.52. The van der Waals surface area contributed by atoms with E-state index in [9.17, 15) is 14.4 Å². The van der Waals surface area contributed by atoms with Crippen molar-refractivity contribution in [2.75, 3.05) is 37.9 Å². The summed E-state index contributed by atoms with van der Waals surface area (Å²) in [5, 5.41) is 0. The van der Waals surface area contributed by atoms with Crippen LogP contribution < -0.4 is 4.90 Å². The van der Waals surface area contributed by atoms with Crippen LogP contribution in [0, 0.1) is 0 Å². The first kappa shape index (κ1) is 15.2. The van der Waals surface area contributed by atoms with Crippen molar-refractivity contribution < 1.29 is 23.9 Å². The molecule has 0 atom stereocenters. The van der Waals surface area contributed by atoms with Gasteiger partial charge in [-0.2, -0.15) is 0 Å². The number of morpholine rings is 1. The molecule has 0 unspecified atom stereocenters. The number of ether oxygens (including phenoxy) is 2. The Hall–Kier alpha value is -2.67. The molecule has 23 heavy (non-hydrogen) atoms. The minimum absolute atomic E-state index is 0.321. The zero-order valence-corrected chi connectivity index (χ0v) is 12.5. The van der Waals surface area contributed by atoms with Crippen LogP contribution in [0.5, 0.6) is 0 Å². The van der Waals surface area contributed by atoms with Crippen molar-refractivity contribution in [2.24, 2.45) is 0 Å². The lowest BCUT2D eigenvalue weighted by Gasteiger charge is -2.29. The molecule has 2 aliphatic rings. The van der Waals surface area contributed by atoms with Gasteiger partial charge >= 0.3 is 5.97 Å². The standard InChI is InChI=1S/C16H16N2O5/c1-2-14(19)23-10-18-15(20)12-4-3-11(9-13(12)16(18)21)17-5-7-22-8-6-17/h2-4,9H,1,5-8,10H2. The first-order valence-electron chi connectivity index (χ1n) is 7.24. The van der Waals surface area contributed by atoms with Crippen LogP contribution in [-0.2, 0) is 14.3 Å². The van der Waals surface area contributed by atoms with Gasteiger partial charge in [-0.25, -0.2) is 9.69 Å². The fraction of sp³-hybridized carbons (Fsp3) is 0.312. The molecule has 2 amide bonds. The summed E-state index contributed by atoms with van der Waals surface area (Å²) in [7, 11) is 0. The van der Waals surface area contributed by atoms with Crippen molar-refractivity contribution in [2.45, 2.75) is 0 Å². The molecule has 1 aromatic carbocycles. The van der Waals surface area contributed by atoms with Crippen molar-refractivity contribution in [3.05, 3.63) is 42.0 Å². The lowest BCUT2D eigenvalue weighted by molar-refractivity contribution is -0.140. The highest BCUT2D eigenvalue weighted by molar-refractivity contribution is 6.21. The van der Waals surface area contributed by atoms with Crippen molar-refractivity contribution in [3.63, 3.8) is 0 Å². The van der Waals surface area contributed by atoms with E-state index < -0.39 is 24.5 Å². The van der Waals surface area contributed by atoms with Crippen LogP contribution in [0.3, 0.4) is 0 Å². The van der Waals surface area contributed by atoms with Crippen LogP contribution in [-0.4, -0.2) is 55.7 Å². The van der Waals surface area contributed by atoms with Crippen molar-refractivity contribution in [3.8, 4) is 0 Å². The molecule has 0 aliphatic carbocycles. The molecule has 1 fully saturated rings. The fourth-order valence-corrected chi connectivity index (χ4v) is 2.60. The number of benzene rings is 1. The average molecular weight is 316 g/mol. The van der Waals surface area contributed by atoms with E-state index >= 15 is 0 Å². The van der Waals surface area contributed by atoms with E-state index in [2.05, 4.69) is 11.5 Å². The minimum Gasteiger partial charge on any atom is -0.441 e. The number of anilines is 1. The molecule has 0 bridgehead atoms. The molecule has 0 N–H and O–H groups in total. The van der Waals surface area contributed by atoms with Gasteiger partial charge in [0.2, 0.25) is 0 Å². The second-order valence-electron chi connectivity index (χ2n) is 5.16. The normalized spacial score (nSPS) is 17.2. The second-order valence-corrected chi connectivity index (χ2v) is 5.16. The minimum atomic E-state index is -0.685. The lowest BCUT2D eigenvalue weighted by atomic mass is 10.1. The number of imide groups is 1. The smallest absolute Gasteiger partial charge is 0.331 e. The van der Waals surface area contributed by atoms with Gasteiger partial charge in [0.1, 0.15) is 0 Å². The Bertz CT molecular complexity index is 679. The summed E-state index contributed by atoms with van der Waals surface area (Å²) in [6, 6.07) is 5.15. The zero-order chi connectivity index (χ0) is 16.4. The number of hydrogen-bond donors (Lipinski definition) is 0. The van der Waals surface area contributed by atoms with Crippen LogP contribution >= 0.6 is 0 Å². The van der Waals surface area contributed by atoms with Gasteiger partial charge in [-0.05, 0) is 18.2 Å². The van der Waals surface area contributed by atoms with Crippen molar-refractivity contribution >= 4 is 23.5 Å². The maximum atomic E-state index is 12.4. The van der Waals surface area contributed by atoms with Gasteiger partial charge in [0.05, 0.1) is 24.3 Å². The van der Waals surface area contributed by atoms with Crippen molar-refractivity contribution in [1.82, 2.24) is 4.90 Å². The summed E-state index contributed by atoms with van der Waals surface area (Å²) >= 11 is 0. The van der Waals surface area contributed by atoms with Gasteiger partial charge in [-0.3, -0.25) is 9.59 Å². The SMILES string of the molecule is C=CC(=O)OCN1C(=O)c2ccc(N3CCOCC3)cc2C1=O. The van der Waals surface area contributed by atoms with Gasteiger partial charge in [-0.15, -0.1) is 0 Å². The molecule has 1 saturated heterocycles. The zero-order valence-electron chi connectivity index (χ0n) is 12.5. The van der Waals surface area contributed by atoms with Crippen LogP contribution in [0.2, 0.25) is 0 Å². The molecule has 7 heteroatoms. The molecular weight excluding hydrogens is 300 g/mol. The molecule has 0 spiro atoms. The number of amides is 2. The first-order valence-corrected chi connectivity index (χ1v) is 7.24. The topological polar surface area (TPSA) is 76.2 Å².